The molecule has 3 N–H and O–H groups in total. The minimum Gasteiger partial charge on any atom is -0.493 e. The lowest BCUT2D eigenvalue weighted by Gasteiger charge is -2.18. The number of nitrogens with one attached hydrogen (secondary N) is 1. The molecule has 1 aliphatic carbocycles. The van der Waals surface area contributed by atoms with E-state index in [0.717, 1.165) is 12.8 Å². The summed E-state index contributed by atoms with van der Waals surface area (Å²) in [4.78, 5) is 19.5. The second-order valence-electron chi connectivity index (χ2n) is 6.59. The molecular weight excluding hydrogens is 380 g/mol. The van der Waals surface area contributed by atoms with Crippen LogP contribution in [-0.4, -0.2) is 55.8 Å². The van der Waals surface area contributed by atoms with Gasteiger partial charge in [0.2, 0.25) is 5.75 Å². The summed E-state index contributed by atoms with van der Waals surface area (Å²) in [5, 5.41) is 24.4. The van der Waals surface area contributed by atoms with Crippen molar-refractivity contribution in [2.45, 2.75) is 18.9 Å². The van der Waals surface area contributed by atoms with E-state index in [1.807, 2.05) is 0 Å². The van der Waals surface area contributed by atoms with Crippen LogP contribution in [0.3, 0.4) is 0 Å². The second-order valence-corrected chi connectivity index (χ2v) is 6.59. The summed E-state index contributed by atoms with van der Waals surface area (Å²) in [6, 6.07) is 3.41. The summed E-state index contributed by atoms with van der Waals surface area (Å²) < 4.78 is 16.4. The van der Waals surface area contributed by atoms with Crippen molar-refractivity contribution in [1.29, 1.82) is 0 Å². The van der Waals surface area contributed by atoms with Crippen molar-refractivity contribution in [3.05, 3.63) is 29.1 Å². The Morgan fingerprint density at radius 2 is 1.86 bits per heavy atom. The number of aliphatic hydroxyl groups is 1. The number of rotatable bonds is 9. The van der Waals surface area contributed by atoms with E-state index in [1.165, 1.54) is 34.7 Å². The van der Waals surface area contributed by atoms with E-state index in [-0.39, 0.29) is 17.2 Å². The number of H-pyrrole nitrogens is 1. The Kier molecular flexibility index (Phi) is 5.97. The number of aromatic carboxylic acids is 1. The first kappa shape index (κ1) is 20.5. The van der Waals surface area contributed by atoms with Crippen molar-refractivity contribution in [3.8, 4) is 28.4 Å². The Morgan fingerprint density at radius 1 is 1.17 bits per heavy atom. The van der Waals surface area contributed by atoms with Gasteiger partial charge >= 0.3 is 5.97 Å². The Labute approximate surface area is 167 Å². The summed E-state index contributed by atoms with van der Waals surface area (Å²) in [5.41, 5.74) is 1.53. The van der Waals surface area contributed by atoms with Gasteiger partial charge < -0.3 is 34.2 Å². The lowest BCUT2D eigenvalue weighted by Crippen LogP contribution is -2.08. The van der Waals surface area contributed by atoms with Gasteiger partial charge in [0.1, 0.15) is 12.8 Å². The Balaban J connectivity index is 2.35. The summed E-state index contributed by atoms with van der Waals surface area (Å²) in [6.45, 7) is 0. The van der Waals surface area contributed by atoms with E-state index in [4.69, 9.17) is 19.0 Å². The number of nitrogens with zero attached hydrogens (tertiary/aromatic N) is 1. The molecule has 0 radical (unpaired) electrons. The van der Waals surface area contributed by atoms with E-state index in [9.17, 15) is 15.0 Å². The number of oxime groups is 1. The van der Waals surface area contributed by atoms with Crippen LogP contribution in [0.5, 0.6) is 17.2 Å². The molecule has 1 aliphatic rings. The van der Waals surface area contributed by atoms with Gasteiger partial charge in [0.25, 0.3) is 0 Å². The van der Waals surface area contributed by atoms with Crippen molar-refractivity contribution < 1.29 is 34.1 Å². The molecule has 0 aliphatic heterocycles. The van der Waals surface area contributed by atoms with E-state index >= 15 is 0 Å². The molecule has 1 unspecified atom stereocenters. The Bertz CT molecular complexity index is 931. The first-order chi connectivity index (χ1) is 14.0. The number of benzene rings is 1. The minimum absolute atomic E-state index is 0.000928. The van der Waals surface area contributed by atoms with Crippen molar-refractivity contribution in [3.63, 3.8) is 0 Å². The normalized spacial score (nSPS) is 14.7. The van der Waals surface area contributed by atoms with Gasteiger partial charge in [0, 0.05) is 16.7 Å². The highest BCUT2D eigenvalue weighted by Gasteiger charge is 2.38. The third-order valence-corrected chi connectivity index (χ3v) is 4.91. The van der Waals surface area contributed by atoms with E-state index < -0.39 is 12.1 Å². The number of aromatic nitrogens is 1. The molecule has 1 aromatic heterocycles. The van der Waals surface area contributed by atoms with Crippen LogP contribution in [0.2, 0.25) is 0 Å². The molecule has 1 heterocycles. The van der Waals surface area contributed by atoms with Gasteiger partial charge in [0.05, 0.1) is 39.3 Å². The maximum atomic E-state index is 11.9. The number of ether oxygens (including phenoxy) is 3. The van der Waals surface area contributed by atoms with Crippen LogP contribution < -0.4 is 14.2 Å². The number of hydrogen-bond acceptors (Lipinski definition) is 7. The molecule has 156 valence electrons. The van der Waals surface area contributed by atoms with Crippen LogP contribution in [-0.2, 0) is 4.84 Å². The molecule has 0 bridgehead atoms. The third-order valence-electron chi connectivity index (χ3n) is 4.91. The van der Waals surface area contributed by atoms with Gasteiger partial charge in [-0.15, -0.1) is 0 Å². The summed E-state index contributed by atoms with van der Waals surface area (Å²) in [5.74, 6) is -0.0249. The topological polar surface area (TPSA) is 123 Å². The zero-order valence-corrected chi connectivity index (χ0v) is 16.7. The van der Waals surface area contributed by atoms with Crippen molar-refractivity contribution >= 4 is 12.2 Å². The lowest BCUT2D eigenvalue weighted by atomic mass is 9.93. The maximum absolute atomic E-state index is 11.9. The fourth-order valence-corrected chi connectivity index (χ4v) is 3.44. The van der Waals surface area contributed by atoms with Crippen molar-refractivity contribution in [1.82, 2.24) is 4.98 Å². The molecule has 0 amide bonds. The number of aliphatic hydroxyl groups excluding tert-OH is 1. The van der Waals surface area contributed by atoms with Gasteiger partial charge in [-0.25, -0.2) is 4.79 Å². The number of carboxylic acid groups (broad SMARTS) is 1. The molecule has 0 saturated heterocycles. The monoisotopic (exact) mass is 404 g/mol. The SMILES string of the molecule is CO/N=C/c1[nH]c(C(=O)O)c(C(O)C2CC2)c1-c1ccc(OC)c(OC)c1OC. The third kappa shape index (κ3) is 3.73. The van der Waals surface area contributed by atoms with Crippen LogP contribution in [0, 0.1) is 5.92 Å². The first-order valence-corrected chi connectivity index (χ1v) is 9.01. The summed E-state index contributed by atoms with van der Waals surface area (Å²) >= 11 is 0. The van der Waals surface area contributed by atoms with Gasteiger partial charge in [-0.2, -0.15) is 0 Å². The van der Waals surface area contributed by atoms with E-state index in [0.29, 0.717) is 34.1 Å². The molecule has 1 aromatic carbocycles. The van der Waals surface area contributed by atoms with Gasteiger partial charge in [-0.3, -0.25) is 0 Å². The molecule has 1 saturated carbocycles. The second kappa shape index (κ2) is 8.44. The highest BCUT2D eigenvalue weighted by atomic mass is 16.6. The average molecular weight is 404 g/mol. The van der Waals surface area contributed by atoms with Gasteiger partial charge in [0.15, 0.2) is 11.5 Å². The van der Waals surface area contributed by atoms with Crippen LogP contribution in [0.15, 0.2) is 17.3 Å². The average Bonchev–Trinajstić information content (AvgIpc) is 3.50. The Morgan fingerprint density at radius 3 is 2.38 bits per heavy atom. The van der Waals surface area contributed by atoms with Crippen LogP contribution >= 0.6 is 0 Å². The fourth-order valence-electron chi connectivity index (χ4n) is 3.44. The molecule has 3 rings (SSSR count). The van der Waals surface area contributed by atoms with Crippen LogP contribution in [0.4, 0.5) is 0 Å². The molecule has 1 fully saturated rings. The van der Waals surface area contributed by atoms with Crippen molar-refractivity contribution in [2.24, 2.45) is 11.1 Å². The highest BCUT2D eigenvalue weighted by Crippen LogP contribution is 2.50. The predicted molar refractivity (Wildman–Crippen MR) is 105 cm³/mol. The largest absolute Gasteiger partial charge is 0.493 e. The number of carboxylic acids is 1. The number of methoxy groups -OCH3 is 3. The predicted octanol–water partition coefficient (Wildman–Crippen LogP) is 2.83. The number of carbonyl (C=O) groups is 1. The summed E-state index contributed by atoms with van der Waals surface area (Å²) in [7, 11) is 5.85. The smallest absolute Gasteiger partial charge is 0.352 e. The zero-order chi connectivity index (χ0) is 21.1. The molecule has 9 nitrogen and oxygen atoms in total. The highest BCUT2D eigenvalue weighted by molar-refractivity contribution is 5.99. The number of aromatic amines is 1. The molecule has 0 spiro atoms. The standard InChI is InChI=1S/C20H24N2O7/c1-26-13-8-7-11(18(27-2)19(13)28-3)14-12(9-21-29-4)22-16(20(24)25)15(14)17(23)10-5-6-10/h7-10,17,22-23H,5-6H2,1-4H3,(H,24,25)/b21-9+. The van der Waals surface area contributed by atoms with Crippen LogP contribution in [0.25, 0.3) is 11.1 Å². The van der Waals surface area contributed by atoms with Crippen molar-refractivity contribution in [2.75, 3.05) is 28.4 Å². The van der Waals surface area contributed by atoms with E-state index in [1.54, 1.807) is 12.1 Å². The molecule has 1 atom stereocenters. The molecule has 2 aromatic rings. The number of hydrogen-bond donors (Lipinski definition) is 3. The fraction of sp³-hybridized carbons (Fsp3) is 0.400. The van der Waals surface area contributed by atoms with Gasteiger partial charge in [-0.05, 0) is 30.9 Å². The maximum Gasteiger partial charge on any atom is 0.352 e. The first-order valence-electron chi connectivity index (χ1n) is 9.01. The quantitative estimate of drug-likeness (QED) is 0.434. The molecular formula is C20H24N2O7. The Hall–Kier alpha value is -3.20. The zero-order valence-electron chi connectivity index (χ0n) is 16.7. The molecule has 29 heavy (non-hydrogen) atoms. The minimum atomic E-state index is -1.18. The summed E-state index contributed by atoms with van der Waals surface area (Å²) in [6.07, 6.45) is 2.07. The lowest BCUT2D eigenvalue weighted by molar-refractivity contribution is 0.0681. The molecule has 9 heteroatoms. The van der Waals surface area contributed by atoms with Gasteiger partial charge in [-0.1, -0.05) is 5.16 Å². The van der Waals surface area contributed by atoms with Crippen LogP contribution in [0.1, 0.15) is 40.7 Å². The van der Waals surface area contributed by atoms with E-state index in [2.05, 4.69) is 10.1 Å².